The molecule has 0 bridgehead atoms. The van der Waals surface area contributed by atoms with Gasteiger partial charge in [-0.15, -0.1) is 11.8 Å². The lowest BCUT2D eigenvalue weighted by atomic mass is 9.82. The molecule has 4 heterocycles. The van der Waals surface area contributed by atoms with Gasteiger partial charge in [0.15, 0.2) is 5.71 Å². The average Bonchev–Trinajstić information content (AvgIpc) is 3.29. The predicted molar refractivity (Wildman–Crippen MR) is 168 cm³/mol. The fourth-order valence-electron chi connectivity index (χ4n) is 5.70. The summed E-state index contributed by atoms with van der Waals surface area (Å²) >= 11 is 1.69. The van der Waals surface area contributed by atoms with E-state index in [0.717, 1.165) is 58.5 Å². The van der Waals surface area contributed by atoms with Crippen LogP contribution in [0.3, 0.4) is 0 Å². The SMILES string of the molecule is CSc1cc2c([n+](CCCCCC(=O)O)c1)N=C(C=CC=C1N(CCCS(=O)(=O)O)c3ncccc3C1(C)C)C2(C)C. The molecule has 0 radical (unpaired) electrons. The third-order valence-corrected chi connectivity index (χ3v) is 9.59. The van der Waals surface area contributed by atoms with Gasteiger partial charge in [0.2, 0.25) is 0 Å². The van der Waals surface area contributed by atoms with Gasteiger partial charge in [-0.1, -0.05) is 26.0 Å². The number of anilines is 1. The molecule has 2 aromatic rings. The Bertz CT molecular complexity index is 1540. The Kier molecular flexibility index (Phi) is 9.64. The Hall–Kier alpha value is -3.02. The molecule has 0 spiro atoms. The molecule has 0 saturated heterocycles. The molecule has 0 atom stereocenters. The highest BCUT2D eigenvalue weighted by molar-refractivity contribution is 7.98. The molecular formula is C31H41N4O5S2+. The second-order valence-corrected chi connectivity index (χ2v) is 14.3. The molecule has 2 aliphatic rings. The predicted octanol–water partition coefficient (Wildman–Crippen LogP) is 5.62. The summed E-state index contributed by atoms with van der Waals surface area (Å²) < 4.78 is 34.2. The summed E-state index contributed by atoms with van der Waals surface area (Å²) in [7, 11) is -4.05. The number of allylic oxidation sites excluding steroid dienone is 4. The lowest BCUT2D eigenvalue weighted by Gasteiger charge is -2.26. The van der Waals surface area contributed by atoms with Crippen molar-refractivity contribution < 1.29 is 27.4 Å². The number of pyridine rings is 2. The number of rotatable bonds is 13. The first kappa shape index (κ1) is 31.9. The molecule has 0 saturated carbocycles. The summed E-state index contributed by atoms with van der Waals surface area (Å²) in [6, 6.07) is 6.17. The smallest absolute Gasteiger partial charge is 0.327 e. The number of carbonyl (C=O) groups is 1. The van der Waals surface area contributed by atoms with E-state index < -0.39 is 16.1 Å². The molecule has 0 unspecified atom stereocenters. The van der Waals surface area contributed by atoms with Crippen molar-refractivity contribution in [1.82, 2.24) is 4.98 Å². The number of unbranched alkanes of at least 4 members (excludes halogenated alkanes) is 2. The summed E-state index contributed by atoms with van der Waals surface area (Å²) in [5.41, 5.74) is 3.51. The summed E-state index contributed by atoms with van der Waals surface area (Å²) in [6.07, 6.45) is 14.9. The van der Waals surface area contributed by atoms with Crippen LogP contribution in [0, 0.1) is 0 Å². The summed E-state index contributed by atoms with van der Waals surface area (Å²) in [6.45, 7) is 9.80. The molecule has 0 aliphatic carbocycles. The molecule has 2 aliphatic heterocycles. The number of aromatic nitrogens is 2. The zero-order valence-corrected chi connectivity index (χ0v) is 26.6. The third kappa shape index (κ3) is 6.95. The highest BCUT2D eigenvalue weighted by Crippen LogP contribution is 2.46. The molecule has 11 heteroatoms. The maximum Gasteiger partial charge on any atom is 0.327 e. The molecule has 226 valence electrons. The monoisotopic (exact) mass is 613 g/mol. The van der Waals surface area contributed by atoms with Crippen molar-refractivity contribution in [2.75, 3.05) is 23.5 Å². The van der Waals surface area contributed by atoms with Crippen molar-refractivity contribution in [1.29, 1.82) is 0 Å². The molecule has 2 N–H and O–H groups in total. The lowest BCUT2D eigenvalue weighted by Crippen LogP contribution is -2.35. The number of carboxylic acids is 1. The van der Waals surface area contributed by atoms with Crippen LogP contribution < -0.4 is 9.47 Å². The molecule has 42 heavy (non-hydrogen) atoms. The van der Waals surface area contributed by atoms with E-state index in [0.29, 0.717) is 13.0 Å². The van der Waals surface area contributed by atoms with Crippen LogP contribution in [0.1, 0.15) is 70.9 Å². The second kappa shape index (κ2) is 12.7. The number of hydrogen-bond donors (Lipinski definition) is 2. The summed E-state index contributed by atoms with van der Waals surface area (Å²) in [5.74, 6) is 0.675. The van der Waals surface area contributed by atoms with Gasteiger partial charge in [0.1, 0.15) is 12.0 Å². The van der Waals surface area contributed by atoms with Crippen molar-refractivity contribution in [2.24, 2.45) is 4.99 Å². The fourth-order valence-corrected chi connectivity index (χ4v) is 6.66. The molecule has 0 fully saturated rings. The number of aryl methyl sites for hydroxylation is 1. The van der Waals surface area contributed by atoms with Crippen LogP contribution in [0.15, 0.2) is 64.4 Å². The van der Waals surface area contributed by atoms with Crippen molar-refractivity contribution in [3.8, 4) is 0 Å². The zero-order valence-electron chi connectivity index (χ0n) is 25.0. The van der Waals surface area contributed by atoms with Crippen LogP contribution in [0.2, 0.25) is 0 Å². The maximum atomic E-state index is 11.4. The van der Waals surface area contributed by atoms with Crippen LogP contribution in [0.4, 0.5) is 11.6 Å². The van der Waals surface area contributed by atoms with Gasteiger partial charge in [0.25, 0.3) is 10.1 Å². The number of fused-ring (bicyclic) bond motifs is 2. The number of carboxylic acid groups (broad SMARTS) is 1. The van der Waals surface area contributed by atoms with Crippen molar-refractivity contribution in [3.05, 3.63) is 65.6 Å². The average molecular weight is 614 g/mol. The topological polar surface area (TPSA) is 124 Å². The van der Waals surface area contributed by atoms with E-state index in [9.17, 15) is 17.8 Å². The Morgan fingerprint density at radius 3 is 2.57 bits per heavy atom. The molecule has 0 aromatic carbocycles. The first-order valence-electron chi connectivity index (χ1n) is 14.3. The van der Waals surface area contributed by atoms with E-state index in [-0.39, 0.29) is 29.4 Å². The third-order valence-electron chi connectivity index (χ3n) is 8.09. The van der Waals surface area contributed by atoms with E-state index in [4.69, 9.17) is 10.1 Å². The van der Waals surface area contributed by atoms with Gasteiger partial charge in [-0.05, 0) is 75.1 Å². The molecule has 4 rings (SSSR count). The fraction of sp³-hybridized carbons (Fsp3) is 0.484. The van der Waals surface area contributed by atoms with Crippen LogP contribution in [0.5, 0.6) is 0 Å². The molecule has 9 nitrogen and oxygen atoms in total. The standard InChI is InChI=1S/C31H40N4O5S2/c1-30(2)24-20-22(41-5)21-34(17-8-6-7-15-27(36)37)29(24)33-25(30)13-9-14-26-31(3,4)23-12-10-16-32-28(23)35(26)18-11-19-42(38,39)40/h9-10,12-14,16,20-21H,6-8,11,15,17-19H2,1-5H3,(H-,36,37,38,39,40)/p+1. The molecular weight excluding hydrogens is 572 g/mol. The van der Waals surface area contributed by atoms with Gasteiger partial charge < -0.3 is 10.0 Å². The minimum Gasteiger partial charge on any atom is -0.481 e. The number of aliphatic carboxylic acids is 1. The van der Waals surface area contributed by atoms with Gasteiger partial charge in [-0.3, -0.25) is 9.35 Å². The van der Waals surface area contributed by atoms with Gasteiger partial charge in [-0.25, -0.2) is 9.55 Å². The first-order valence-corrected chi connectivity index (χ1v) is 17.1. The normalized spacial score (nSPS) is 18.0. The van der Waals surface area contributed by atoms with Crippen LogP contribution in [-0.2, 0) is 32.3 Å². The summed E-state index contributed by atoms with van der Waals surface area (Å²) in [4.78, 5) is 23.8. The van der Waals surface area contributed by atoms with Gasteiger partial charge in [0.05, 0.1) is 23.3 Å². The van der Waals surface area contributed by atoms with E-state index in [2.05, 4.69) is 61.8 Å². The van der Waals surface area contributed by atoms with E-state index in [1.165, 1.54) is 0 Å². The minimum absolute atomic E-state index is 0.194. The lowest BCUT2D eigenvalue weighted by molar-refractivity contribution is -0.686. The number of hydrogen-bond acceptors (Lipinski definition) is 7. The van der Waals surface area contributed by atoms with Crippen molar-refractivity contribution >= 4 is 45.2 Å². The highest BCUT2D eigenvalue weighted by atomic mass is 32.2. The van der Waals surface area contributed by atoms with Gasteiger partial charge in [-0.2, -0.15) is 8.42 Å². The number of aliphatic imine (C=N–C) groups is 1. The van der Waals surface area contributed by atoms with E-state index in [1.54, 1.807) is 18.0 Å². The molecule has 2 aromatic heterocycles. The highest BCUT2D eigenvalue weighted by Gasteiger charge is 2.43. The maximum absolute atomic E-state index is 11.4. The van der Waals surface area contributed by atoms with Crippen molar-refractivity contribution in [2.45, 2.75) is 82.1 Å². The number of thioether (sulfide) groups is 1. The largest absolute Gasteiger partial charge is 0.481 e. The van der Waals surface area contributed by atoms with Gasteiger partial charge >= 0.3 is 11.8 Å². The second-order valence-electron chi connectivity index (χ2n) is 11.8. The molecule has 0 amide bonds. The van der Waals surface area contributed by atoms with E-state index in [1.807, 2.05) is 29.2 Å². The Morgan fingerprint density at radius 1 is 1.12 bits per heavy atom. The number of nitrogens with zero attached hydrogens (tertiary/aromatic N) is 4. The van der Waals surface area contributed by atoms with Crippen LogP contribution in [0.25, 0.3) is 0 Å². The van der Waals surface area contributed by atoms with Gasteiger partial charge in [0, 0.05) is 40.7 Å². The summed E-state index contributed by atoms with van der Waals surface area (Å²) in [5, 5.41) is 8.94. The Labute approximate surface area is 253 Å². The first-order chi connectivity index (χ1) is 19.8. The Morgan fingerprint density at radius 2 is 1.88 bits per heavy atom. The van der Waals surface area contributed by atoms with Crippen molar-refractivity contribution in [3.63, 3.8) is 0 Å². The van der Waals surface area contributed by atoms with E-state index >= 15 is 0 Å². The Balaban J connectivity index is 1.61. The quantitative estimate of drug-likeness (QED) is 0.129. The van der Waals surface area contributed by atoms with Crippen LogP contribution in [-0.4, -0.2) is 53.3 Å². The zero-order chi connectivity index (χ0) is 30.7. The minimum atomic E-state index is -4.05. The van der Waals surface area contributed by atoms with Crippen LogP contribution >= 0.6 is 11.8 Å².